The van der Waals surface area contributed by atoms with E-state index in [2.05, 4.69) is 36.2 Å². The summed E-state index contributed by atoms with van der Waals surface area (Å²) in [6.45, 7) is 7.42. The molecule has 2 heterocycles. The van der Waals surface area contributed by atoms with E-state index >= 15 is 0 Å². The summed E-state index contributed by atoms with van der Waals surface area (Å²) in [7, 11) is 0. The van der Waals surface area contributed by atoms with Gasteiger partial charge in [0.25, 0.3) is 5.91 Å². The average molecular weight is 323 g/mol. The van der Waals surface area contributed by atoms with Crippen LogP contribution in [-0.2, 0) is 6.42 Å². The average Bonchev–Trinajstić information content (AvgIpc) is 2.80. The Morgan fingerprint density at radius 1 is 1.27 bits per heavy atom. The second kappa shape index (κ2) is 7.36. The minimum atomic E-state index is 0. The number of carbonyl (C=O) groups excluding carboxylic acids is 1. The van der Waals surface area contributed by atoms with Crippen LogP contribution >= 0.6 is 12.4 Å². The van der Waals surface area contributed by atoms with E-state index in [9.17, 15) is 4.79 Å². The molecule has 0 radical (unpaired) electrons. The van der Waals surface area contributed by atoms with Crippen molar-refractivity contribution < 1.29 is 4.79 Å². The van der Waals surface area contributed by atoms with Gasteiger partial charge in [-0.2, -0.15) is 0 Å². The first kappa shape index (κ1) is 17.1. The predicted molar refractivity (Wildman–Crippen MR) is 94.0 cm³/mol. The summed E-state index contributed by atoms with van der Waals surface area (Å²) in [5, 5.41) is 3.35. The molecule has 22 heavy (non-hydrogen) atoms. The van der Waals surface area contributed by atoms with Crippen molar-refractivity contribution in [2.24, 2.45) is 11.8 Å². The van der Waals surface area contributed by atoms with E-state index in [0.717, 1.165) is 56.3 Å². The molecular formula is C18H27ClN2O. The van der Waals surface area contributed by atoms with E-state index in [4.69, 9.17) is 0 Å². The monoisotopic (exact) mass is 322 g/mol. The lowest BCUT2D eigenvalue weighted by atomic mass is 9.89. The van der Waals surface area contributed by atoms with Crippen LogP contribution in [0.15, 0.2) is 18.2 Å². The molecule has 1 amide bonds. The number of carbonyl (C=O) groups is 1. The molecule has 2 aliphatic rings. The maximum atomic E-state index is 12.7. The van der Waals surface area contributed by atoms with Crippen molar-refractivity contribution in [3.05, 3.63) is 29.3 Å². The zero-order chi connectivity index (χ0) is 14.8. The van der Waals surface area contributed by atoms with Gasteiger partial charge in [0.05, 0.1) is 0 Å². The highest BCUT2D eigenvalue weighted by atomic mass is 35.5. The number of amides is 1. The van der Waals surface area contributed by atoms with Gasteiger partial charge in [0.15, 0.2) is 0 Å². The number of nitrogens with zero attached hydrogens (tertiary/aromatic N) is 1. The SMILES string of the molecule is CC(C)C1CCCN(C(=O)c2ccc3c(c2)CCN3)CC1.Cl. The Labute approximate surface area is 139 Å². The van der Waals surface area contributed by atoms with E-state index in [1.54, 1.807) is 0 Å². The lowest BCUT2D eigenvalue weighted by molar-refractivity contribution is 0.0758. The largest absolute Gasteiger partial charge is 0.384 e. The molecule has 2 aliphatic heterocycles. The van der Waals surface area contributed by atoms with Gasteiger partial charge in [-0.25, -0.2) is 0 Å². The molecule has 1 fully saturated rings. The zero-order valence-corrected chi connectivity index (χ0v) is 14.4. The number of hydrogen-bond acceptors (Lipinski definition) is 2. The van der Waals surface area contributed by atoms with E-state index < -0.39 is 0 Å². The smallest absolute Gasteiger partial charge is 0.253 e. The molecule has 0 spiro atoms. The molecule has 1 aromatic rings. The molecule has 3 rings (SSSR count). The minimum absolute atomic E-state index is 0. The van der Waals surface area contributed by atoms with Gasteiger partial charge in [0, 0.05) is 30.9 Å². The number of fused-ring (bicyclic) bond motifs is 1. The molecule has 1 atom stereocenters. The Bertz CT molecular complexity index is 530. The predicted octanol–water partition coefficient (Wildman–Crippen LogP) is 3.97. The van der Waals surface area contributed by atoms with Gasteiger partial charge >= 0.3 is 0 Å². The van der Waals surface area contributed by atoms with Crippen LogP contribution in [0.25, 0.3) is 0 Å². The van der Waals surface area contributed by atoms with Gasteiger partial charge in [0.2, 0.25) is 0 Å². The van der Waals surface area contributed by atoms with Crippen LogP contribution < -0.4 is 5.32 Å². The quantitative estimate of drug-likeness (QED) is 0.893. The lowest BCUT2D eigenvalue weighted by Gasteiger charge is -2.22. The van der Waals surface area contributed by atoms with Gasteiger partial charge < -0.3 is 10.2 Å². The van der Waals surface area contributed by atoms with E-state index in [1.807, 2.05) is 6.07 Å². The third kappa shape index (κ3) is 3.57. The minimum Gasteiger partial charge on any atom is -0.384 e. The molecule has 1 N–H and O–H groups in total. The molecule has 4 heteroatoms. The summed E-state index contributed by atoms with van der Waals surface area (Å²) in [4.78, 5) is 14.8. The fraction of sp³-hybridized carbons (Fsp3) is 0.611. The van der Waals surface area contributed by atoms with Gasteiger partial charge in [-0.15, -0.1) is 12.4 Å². The summed E-state index contributed by atoms with van der Waals surface area (Å²) in [6.07, 6.45) is 4.58. The van der Waals surface area contributed by atoms with Crippen LogP contribution in [0.4, 0.5) is 5.69 Å². The Kier molecular flexibility index (Phi) is 5.74. The Morgan fingerprint density at radius 2 is 2.09 bits per heavy atom. The second-order valence-corrected chi connectivity index (χ2v) is 6.78. The molecule has 1 aromatic carbocycles. The van der Waals surface area contributed by atoms with Gasteiger partial charge in [-0.05, 0) is 61.3 Å². The number of nitrogens with one attached hydrogen (secondary N) is 1. The maximum Gasteiger partial charge on any atom is 0.253 e. The normalized spacial score (nSPS) is 20.9. The summed E-state index contributed by atoms with van der Waals surface area (Å²) in [5.41, 5.74) is 3.35. The first-order valence-electron chi connectivity index (χ1n) is 8.31. The third-order valence-electron chi connectivity index (χ3n) is 5.06. The van der Waals surface area contributed by atoms with Crippen LogP contribution in [0.3, 0.4) is 0 Å². The van der Waals surface area contributed by atoms with Gasteiger partial charge in [0.1, 0.15) is 0 Å². The Morgan fingerprint density at radius 3 is 2.86 bits per heavy atom. The standard InChI is InChI=1S/C18H26N2O.ClH/c1-13(2)14-4-3-10-20(11-8-14)18(21)16-5-6-17-15(12-16)7-9-19-17;/h5-6,12-14,19H,3-4,7-11H2,1-2H3;1H. The van der Waals surface area contributed by atoms with Gasteiger partial charge in [-0.3, -0.25) is 4.79 Å². The van der Waals surface area contributed by atoms with Crippen LogP contribution in [0.5, 0.6) is 0 Å². The topological polar surface area (TPSA) is 32.3 Å². The van der Waals surface area contributed by atoms with Crippen LogP contribution in [0.2, 0.25) is 0 Å². The Hall–Kier alpha value is -1.22. The molecule has 1 unspecified atom stereocenters. The number of anilines is 1. The molecule has 0 aromatic heterocycles. The number of benzene rings is 1. The maximum absolute atomic E-state index is 12.7. The molecule has 0 saturated carbocycles. The second-order valence-electron chi connectivity index (χ2n) is 6.78. The number of likely N-dealkylation sites (tertiary alicyclic amines) is 1. The highest BCUT2D eigenvalue weighted by Crippen LogP contribution is 2.27. The van der Waals surface area contributed by atoms with Crippen molar-refractivity contribution >= 4 is 24.0 Å². The van der Waals surface area contributed by atoms with Crippen molar-refractivity contribution in [2.45, 2.75) is 39.5 Å². The summed E-state index contributed by atoms with van der Waals surface area (Å²) in [6, 6.07) is 6.12. The molecule has 0 bridgehead atoms. The highest BCUT2D eigenvalue weighted by Gasteiger charge is 2.23. The summed E-state index contributed by atoms with van der Waals surface area (Å²) >= 11 is 0. The molecule has 122 valence electrons. The van der Waals surface area contributed by atoms with Crippen LogP contribution in [-0.4, -0.2) is 30.4 Å². The molecular weight excluding hydrogens is 296 g/mol. The summed E-state index contributed by atoms with van der Waals surface area (Å²) < 4.78 is 0. The fourth-order valence-electron chi connectivity index (χ4n) is 3.61. The van der Waals surface area contributed by atoms with E-state index in [-0.39, 0.29) is 18.3 Å². The molecule has 1 saturated heterocycles. The van der Waals surface area contributed by atoms with Crippen molar-refractivity contribution in [3.63, 3.8) is 0 Å². The van der Waals surface area contributed by atoms with Crippen LogP contribution in [0.1, 0.15) is 49.0 Å². The first-order valence-corrected chi connectivity index (χ1v) is 8.31. The zero-order valence-electron chi connectivity index (χ0n) is 13.6. The fourth-order valence-corrected chi connectivity index (χ4v) is 3.61. The number of hydrogen-bond donors (Lipinski definition) is 1. The number of rotatable bonds is 2. The van der Waals surface area contributed by atoms with E-state index in [1.165, 1.54) is 17.7 Å². The van der Waals surface area contributed by atoms with Crippen molar-refractivity contribution in [1.29, 1.82) is 0 Å². The van der Waals surface area contributed by atoms with Crippen molar-refractivity contribution in [3.8, 4) is 0 Å². The number of halogens is 1. The highest BCUT2D eigenvalue weighted by molar-refractivity contribution is 5.95. The molecule has 0 aliphatic carbocycles. The van der Waals surface area contributed by atoms with Gasteiger partial charge in [-0.1, -0.05) is 13.8 Å². The third-order valence-corrected chi connectivity index (χ3v) is 5.06. The Balaban J connectivity index is 0.00000176. The molecule has 3 nitrogen and oxygen atoms in total. The van der Waals surface area contributed by atoms with Crippen LogP contribution in [0, 0.1) is 11.8 Å². The first-order chi connectivity index (χ1) is 10.1. The van der Waals surface area contributed by atoms with E-state index in [0.29, 0.717) is 0 Å². The lowest BCUT2D eigenvalue weighted by Crippen LogP contribution is -2.32. The summed E-state index contributed by atoms with van der Waals surface area (Å²) in [5.74, 6) is 1.72. The van der Waals surface area contributed by atoms with Crippen molar-refractivity contribution in [2.75, 3.05) is 25.0 Å². The van der Waals surface area contributed by atoms with Crippen molar-refractivity contribution in [1.82, 2.24) is 4.90 Å².